The predicted molar refractivity (Wildman–Crippen MR) is 145 cm³/mol. The predicted octanol–water partition coefficient (Wildman–Crippen LogP) is 3.97. The third-order valence-corrected chi connectivity index (χ3v) is 7.41. The van der Waals surface area contributed by atoms with Crippen molar-refractivity contribution in [3.05, 3.63) is 94.8 Å². The van der Waals surface area contributed by atoms with Crippen molar-refractivity contribution in [1.29, 1.82) is 0 Å². The van der Waals surface area contributed by atoms with Gasteiger partial charge in [0.1, 0.15) is 18.6 Å². The number of hydrogen-bond acceptors (Lipinski definition) is 9. The van der Waals surface area contributed by atoms with Gasteiger partial charge in [-0.1, -0.05) is 55.5 Å². The number of esters is 1. The van der Waals surface area contributed by atoms with Crippen molar-refractivity contribution in [3.63, 3.8) is 0 Å². The van der Waals surface area contributed by atoms with Crippen molar-refractivity contribution < 1.29 is 33.4 Å². The summed E-state index contributed by atoms with van der Waals surface area (Å²) >= 11 is 1.02. The highest BCUT2D eigenvalue weighted by Crippen LogP contribution is 2.32. The smallest absolute Gasteiger partial charge is 0.357 e. The molecule has 12 heteroatoms. The molecule has 0 spiro atoms. The molecule has 2 aliphatic heterocycles. The van der Waals surface area contributed by atoms with E-state index in [-0.39, 0.29) is 16.6 Å². The van der Waals surface area contributed by atoms with Gasteiger partial charge in [-0.05, 0) is 24.0 Å². The van der Waals surface area contributed by atoms with E-state index in [1.54, 1.807) is 19.1 Å². The summed E-state index contributed by atoms with van der Waals surface area (Å²) in [6.45, 7) is 1.75. The molecule has 0 unspecified atom stereocenters. The molecule has 5 rings (SSSR count). The van der Waals surface area contributed by atoms with Gasteiger partial charge in [0.2, 0.25) is 5.91 Å². The molecule has 0 saturated carbocycles. The van der Waals surface area contributed by atoms with Gasteiger partial charge in [0.25, 0.3) is 5.91 Å². The molecule has 1 fully saturated rings. The first-order valence-corrected chi connectivity index (χ1v) is 13.4. The third-order valence-electron chi connectivity index (χ3n) is 6.65. The van der Waals surface area contributed by atoms with Crippen LogP contribution in [0.4, 0.5) is 9.93 Å². The summed E-state index contributed by atoms with van der Waals surface area (Å²) in [4.78, 5) is 57.5. The molecule has 2 N–H and O–H groups in total. The van der Waals surface area contributed by atoms with Crippen LogP contribution in [0.3, 0.4) is 0 Å². The van der Waals surface area contributed by atoms with Crippen LogP contribution in [0.2, 0.25) is 0 Å². The Morgan fingerprint density at radius 1 is 1.23 bits per heavy atom. The number of imide groups is 1. The van der Waals surface area contributed by atoms with Gasteiger partial charge < -0.3 is 24.8 Å². The van der Waals surface area contributed by atoms with E-state index in [1.807, 2.05) is 36.4 Å². The number of hydrogen-bond donors (Lipinski definition) is 2. The molecule has 1 aliphatic carbocycles. The molecule has 3 atom stereocenters. The number of benzene rings is 1. The summed E-state index contributed by atoms with van der Waals surface area (Å²) in [5.74, 6) is -2.03. The van der Waals surface area contributed by atoms with Crippen LogP contribution >= 0.6 is 11.3 Å². The fraction of sp³-hybridized carbons (Fsp3) is 0.250. The Hall–Kier alpha value is -4.71. The van der Waals surface area contributed by atoms with Gasteiger partial charge in [-0.2, -0.15) is 0 Å². The minimum absolute atomic E-state index is 0.0272. The Morgan fingerprint density at radius 2 is 2.02 bits per heavy atom. The number of nitrogens with zero attached hydrogens (tertiary/aromatic N) is 2. The number of nitrogens with one attached hydrogen (secondary N) is 2. The lowest BCUT2D eigenvalue weighted by atomic mass is 9.91. The molecule has 11 nitrogen and oxygen atoms in total. The second kappa shape index (κ2) is 11.6. The van der Waals surface area contributed by atoms with Gasteiger partial charge in [0, 0.05) is 11.3 Å². The average Bonchev–Trinajstić information content (AvgIpc) is 3.57. The van der Waals surface area contributed by atoms with Crippen molar-refractivity contribution in [3.8, 4) is 0 Å². The SMILES string of the molecule is COC(=O)c1csc(NC(=O)[C@H]([C@@H](C)c2ccccc2)N2C(=O)N[C@H](C3=COC=C(C4=CC=CCC4)O3)C2=O)n1. The van der Waals surface area contributed by atoms with Crippen LogP contribution in [0.5, 0.6) is 0 Å². The van der Waals surface area contributed by atoms with E-state index in [1.165, 1.54) is 25.0 Å². The fourth-order valence-electron chi connectivity index (χ4n) is 4.58. The second-order valence-corrected chi connectivity index (χ2v) is 10.0. The molecule has 2 aromatic rings. The van der Waals surface area contributed by atoms with E-state index in [0.29, 0.717) is 5.76 Å². The molecular weight excluding hydrogens is 536 g/mol. The van der Waals surface area contributed by atoms with E-state index in [2.05, 4.69) is 20.4 Å². The zero-order valence-corrected chi connectivity index (χ0v) is 22.5. The van der Waals surface area contributed by atoms with E-state index >= 15 is 0 Å². The minimum atomic E-state index is -1.25. The number of amides is 4. The standard InChI is InChI=1S/C28H26N4O7S/c1-16(17-9-5-3-6-10-17)23(24(33)31-27-29-19(15-40-27)26(35)37-2)32-25(34)22(30-28(32)36)21-14-38-13-20(39-21)18-11-7-4-8-12-18/h3-7,9-11,13-16,22-23H,8,12H2,1-2H3,(H,30,36)(H,29,31,33)/t16-,22+,23-/m0/s1. The van der Waals surface area contributed by atoms with Crippen LogP contribution in [0, 0.1) is 0 Å². The number of carbonyl (C=O) groups excluding carboxylic acids is 4. The molecule has 0 bridgehead atoms. The number of anilines is 1. The monoisotopic (exact) mass is 562 g/mol. The lowest BCUT2D eigenvalue weighted by Crippen LogP contribution is -2.50. The second-order valence-electron chi connectivity index (χ2n) is 9.15. The molecular formula is C28H26N4O7S. The first kappa shape index (κ1) is 26.9. The number of methoxy groups -OCH3 is 1. The quantitative estimate of drug-likeness (QED) is 0.364. The maximum Gasteiger partial charge on any atom is 0.357 e. The first-order valence-electron chi connectivity index (χ1n) is 12.5. The number of aromatic nitrogens is 1. The van der Waals surface area contributed by atoms with Crippen LogP contribution in [0.1, 0.15) is 41.7 Å². The van der Waals surface area contributed by atoms with Gasteiger partial charge in [-0.3, -0.25) is 9.59 Å². The van der Waals surface area contributed by atoms with Gasteiger partial charge >= 0.3 is 12.0 Å². The Kier molecular flexibility index (Phi) is 7.78. The summed E-state index contributed by atoms with van der Waals surface area (Å²) in [5, 5.41) is 6.84. The number of urea groups is 1. The number of ether oxygens (including phenoxy) is 3. The van der Waals surface area contributed by atoms with Gasteiger partial charge in [0.15, 0.2) is 28.4 Å². The molecule has 40 heavy (non-hydrogen) atoms. The molecule has 1 aromatic heterocycles. The number of thiazole rings is 1. The molecule has 206 valence electrons. The van der Waals surface area contributed by atoms with Crippen molar-refractivity contribution in [2.45, 2.75) is 37.8 Å². The fourth-order valence-corrected chi connectivity index (χ4v) is 5.26. The highest BCUT2D eigenvalue weighted by atomic mass is 32.1. The van der Waals surface area contributed by atoms with E-state index in [4.69, 9.17) is 9.47 Å². The topological polar surface area (TPSA) is 136 Å². The lowest BCUT2D eigenvalue weighted by Gasteiger charge is -2.29. The largest absolute Gasteiger partial charge is 0.465 e. The zero-order valence-electron chi connectivity index (χ0n) is 21.7. The average molecular weight is 563 g/mol. The first-order chi connectivity index (χ1) is 19.4. The van der Waals surface area contributed by atoms with E-state index in [9.17, 15) is 19.2 Å². The Labute approximate surface area is 233 Å². The van der Waals surface area contributed by atoms with Crippen molar-refractivity contribution in [2.24, 2.45) is 0 Å². The Bertz CT molecular complexity index is 1460. The van der Waals surface area contributed by atoms with Crippen LogP contribution in [-0.2, 0) is 23.8 Å². The van der Waals surface area contributed by atoms with E-state index in [0.717, 1.165) is 40.2 Å². The number of allylic oxidation sites excluding steroid dienone is 4. The molecule has 1 saturated heterocycles. The van der Waals surface area contributed by atoms with Gasteiger partial charge in [0.05, 0.1) is 7.11 Å². The number of rotatable bonds is 8. The highest BCUT2D eigenvalue weighted by molar-refractivity contribution is 7.14. The molecule has 4 amide bonds. The zero-order chi connectivity index (χ0) is 28.2. The minimum Gasteiger partial charge on any atom is -0.465 e. The van der Waals surface area contributed by atoms with Crippen molar-refractivity contribution >= 4 is 40.3 Å². The summed E-state index contributed by atoms with van der Waals surface area (Å²) in [6, 6.07) is 5.85. The third kappa shape index (κ3) is 5.38. The maximum absolute atomic E-state index is 13.7. The van der Waals surface area contributed by atoms with Crippen LogP contribution in [0.25, 0.3) is 0 Å². The van der Waals surface area contributed by atoms with Crippen LogP contribution in [-0.4, -0.2) is 52.9 Å². The molecule has 0 radical (unpaired) electrons. The maximum atomic E-state index is 13.7. The molecule has 3 aliphatic rings. The van der Waals surface area contributed by atoms with E-state index < -0.39 is 41.8 Å². The molecule has 3 heterocycles. The summed E-state index contributed by atoms with van der Waals surface area (Å²) < 4.78 is 16.1. The number of carbonyl (C=O) groups is 4. The Balaban J connectivity index is 1.40. The summed E-state index contributed by atoms with van der Waals surface area (Å²) in [6.07, 6.45) is 10.1. The van der Waals surface area contributed by atoms with Crippen LogP contribution in [0.15, 0.2) is 83.6 Å². The van der Waals surface area contributed by atoms with Crippen molar-refractivity contribution in [1.82, 2.24) is 15.2 Å². The highest BCUT2D eigenvalue weighted by Gasteiger charge is 2.49. The summed E-state index contributed by atoms with van der Waals surface area (Å²) in [5.41, 5.74) is 1.66. The normalized spacial score (nSPS) is 19.8. The Morgan fingerprint density at radius 3 is 2.75 bits per heavy atom. The molecule has 1 aromatic carbocycles. The van der Waals surface area contributed by atoms with Crippen LogP contribution < -0.4 is 10.6 Å². The van der Waals surface area contributed by atoms with Crippen molar-refractivity contribution in [2.75, 3.05) is 12.4 Å². The van der Waals surface area contributed by atoms with Gasteiger partial charge in [-0.15, -0.1) is 11.3 Å². The summed E-state index contributed by atoms with van der Waals surface area (Å²) in [7, 11) is 1.23. The lowest BCUT2D eigenvalue weighted by molar-refractivity contribution is -0.134. The van der Waals surface area contributed by atoms with Gasteiger partial charge in [-0.25, -0.2) is 19.5 Å².